The number of rotatable bonds is 5. The first-order chi connectivity index (χ1) is 11.7. The predicted molar refractivity (Wildman–Crippen MR) is 95.7 cm³/mol. The van der Waals surface area contributed by atoms with Gasteiger partial charge in [-0.2, -0.15) is 9.61 Å². The topological polar surface area (TPSA) is 51.5 Å². The van der Waals surface area contributed by atoms with E-state index in [-0.39, 0.29) is 0 Å². The summed E-state index contributed by atoms with van der Waals surface area (Å²) in [7, 11) is 1.68. The highest BCUT2D eigenvalue weighted by Crippen LogP contribution is 2.30. The van der Waals surface area contributed by atoms with Crippen molar-refractivity contribution in [1.29, 1.82) is 0 Å². The maximum Gasteiger partial charge on any atom is 0.158 e. The maximum atomic E-state index is 5.32. The molecule has 1 aliphatic carbocycles. The second-order valence-corrected chi connectivity index (χ2v) is 6.53. The largest absolute Gasteiger partial charge is 0.497 e. The van der Waals surface area contributed by atoms with Crippen LogP contribution in [0.15, 0.2) is 30.3 Å². The molecule has 5 heteroatoms. The Morgan fingerprint density at radius 3 is 2.83 bits per heavy atom. The van der Waals surface area contributed by atoms with E-state index >= 15 is 0 Å². The van der Waals surface area contributed by atoms with Gasteiger partial charge in [-0.1, -0.05) is 12.1 Å². The van der Waals surface area contributed by atoms with E-state index in [9.17, 15) is 0 Å². The average Bonchev–Trinajstić information content (AvgIpc) is 3.33. The lowest BCUT2D eigenvalue weighted by molar-refractivity contribution is 0.415. The van der Waals surface area contributed by atoms with Crippen molar-refractivity contribution in [3.05, 3.63) is 41.6 Å². The number of anilines is 1. The summed E-state index contributed by atoms with van der Waals surface area (Å²) in [4.78, 5) is 4.70. The van der Waals surface area contributed by atoms with Gasteiger partial charge in [0.15, 0.2) is 5.65 Å². The molecule has 1 saturated carbocycles. The van der Waals surface area contributed by atoms with Crippen molar-refractivity contribution in [3.8, 4) is 17.0 Å². The number of ether oxygens (including phenoxy) is 1. The van der Waals surface area contributed by atoms with Gasteiger partial charge >= 0.3 is 0 Å². The second-order valence-electron chi connectivity index (χ2n) is 6.53. The lowest BCUT2D eigenvalue weighted by Gasteiger charge is -2.12. The van der Waals surface area contributed by atoms with Gasteiger partial charge in [0, 0.05) is 29.4 Å². The molecule has 0 amide bonds. The Kier molecular flexibility index (Phi) is 3.63. The molecule has 1 aromatic carbocycles. The smallest absolute Gasteiger partial charge is 0.158 e. The first-order valence-corrected chi connectivity index (χ1v) is 8.41. The van der Waals surface area contributed by atoms with Crippen LogP contribution in [0.1, 0.15) is 24.1 Å². The Labute approximate surface area is 141 Å². The van der Waals surface area contributed by atoms with Crippen LogP contribution in [0.25, 0.3) is 16.9 Å². The minimum Gasteiger partial charge on any atom is -0.497 e. The van der Waals surface area contributed by atoms with Gasteiger partial charge < -0.3 is 10.1 Å². The summed E-state index contributed by atoms with van der Waals surface area (Å²) in [5.41, 5.74) is 5.00. The molecule has 1 N–H and O–H groups in total. The van der Waals surface area contributed by atoms with E-state index in [2.05, 4.69) is 19.2 Å². The molecule has 2 aromatic heterocycles. The molecule has 0 aliphatic heterocycles. The van der Waals surface area contributed by atoms with Crippen molar-refractivity contribution in [2.75, 3.05) is 19.0 Å². The highest BCUT2D eigenvalue weighted by Gasteiger charge is 2.22. The second kappa shape index (κ2) is 5.82. The number of fused-ring (bicyclic) bond motifs is 1. The number of hydrogen-bond acceptors (Lipinski definition) is 4. The number of methoxy groups -OCH3 is 1. The van der Waals surface area contributed by atoms with E-state index in [4.69, 9.17) is 14.8 Å². The normalized spacial score (nSPS) is 14.1. The third-order valence-electron chi connectivity index (χ3n) is 4.70. The molecule has 0 radical (unpaired) electrons. The summed E-state index contributed by atoms with van der Waals surface area (Å²) in [5.74, 6) is 2.69. The molecule has 0 spiro atoms. The molecule has 0 atom stereocenters. The maximum absolute atomic E-state index is 5.32. The van der Waals surface area contributed by atoms with E-state index in [1.807, 2.05) is 34.8 Å². The first-order valence-electron chi connectivity index (χ1n) is 8.41. The molecule has 3 aromatic rings. The van der Waals surface area contributed by atoms with Gasteiger partial charge in [-0.25, -0.2) is 4.98 Å². The fourth-order valence-corrected chi connectivity index (χ4v) is 2.90. The quantitative estimate of drug-likeness (QED) is 0.775. The molecule has 24 heavy (non-hydrogen) atoms. The highest BCUT2D eigenvalue weighted by molar-refractivity contribution is 5.67. The molecule has 0 bridgehead atoms. The van der Waals surface area contributed by atoms with Crippen LogP contribution < -0.4 is 10.1 Å². The minimum atomic E-state index is 0.807. The predicted octanol–water partition coefficient (Wildman–Crippen LogP) is 3.84. The summed E-state index contributed by atoms with van der Waals surface area (Å²) in [5, 5.41) is 8.38. The van der Waals surface area contributed by atoms with Crippen LogP contribution in [0.2, 0.25) is 0 Å². The summed E-state index contributed by atoms with van der Waals surface area (Å²) < 4.78 is 7.25. The van der Waals surface area contributed by atoms with Gasteiger partial charge in [0.05, 0.1) is 12.8 Å². The zero-order valence-electron chi connectivity index (χ0n) is 14.3. The van der Waals surface area contributed by atoms with Gasteiger partial charge in [-0.3, -0.25) is 0 Å². The lowest BCUT2D eigenvalue weighted by Crippen LogP contribution is -2.11. The zero-order valence-corrected chi connectivity index (χ0v) is 14.3. The van der Waals surface area contributed by atoms with E-state index in [0.29, 0.717) is 0 Å². The van der Waals surface area contributed by atoms with Crippen LogP contribution >= 0.6 is 0 Å². The number of benzene rings is 1. The highest BCUT2D eigenvalue weighted by atomic mass is 16.5. The third kappa shape index (κ3) is 2.70. The van der Waals surface area contributed by atoms with Crippen LogP contribution in [0, 0.1) is 19.8 Å². The minimum absolute atomic E-state index is 0.807. The molecule has 1 aliphatic rings. The van der Waals surface area contributed by atoms with Gasteiger partial charge in [0.25, 0.3) is 0 Å². The van der Waals surface area contributed by atoms with Gasteiger partial charge in [0.2, 0.25) is 0 Å². The Balaban J connectivity index is 1.79. The number of aromatic nitrogens is 3. The van der Waals surface area contributed by atoms with E-state index < -0.39 is 0 Å². The van der Waals surface area contributed by atoms with Gasteiger partial charge in [-0.05, 0) is 44.7 Å². The monoisotopic (exact) mass is 322 g/mol. The molecule has 0 unspecified atom stereocenters. The molecule has 4 rings (SSSR count). The van der Waals surface area contributed by atoms with Crippen LogP contribution in [0.4, 0.5) is 5.82 Å². The molecular formula is C19H22N4O. The first kappa shape index (κ1) is 15.0. The zero-order chi connectivity index (χ0) is 16.7. The number of hydrogen-bond donors (Lipinski definition) is 1. The van der Waals surface area contributed by atoms with Gasteiger partial charge in [-0.15, -0.1) is 0 Å². The molecule has 5 nitrogen and oxygen atoms in total. The Morgan fingerprint density at radius 1 is 1.25 bits per heavy atom. The number of aryl methyl sites for hydroxylation is 1. The van der Waals surface area contributed by atoms with Crippen molar-refractivity contribution in [3.63, 3.8) is 0 Å². The van der Waals surface area contributed by atoms with E-state index in [1.54, 1.807) is 7.11 Å². The molecule has 2 heterocycles. The Bertz CT molecular complexity index is 896. The van der Waals surface area contributed by atoms with Crippen molar-refractivity contribution in [2.45, 2.75) is 26.7 Å². The molecular weight excluding hydrogens is 300 g/mol. The van der Waals surface area contributed by atoms with Crippen molar-refractivity contribution < 1.29 is 4.74 Å². The summed E-state index contributed by atoms with van der Waals surface area (Å²) >= 11 is 0. The lowest BCUT2D eigenvalue weighted by atomic mass is 10.1. The summed E-state index contributed by atoms with van der Waals surface area (Å²) in [6, 6.07) is 9.99. The fourth-order valence-electron chi connectivity index (χ4n) is 2.90. The third-order valence-corrected chi connectivity index (χ3v) is 4.70. The van der Waals surface area contributed by atoms with Crippen LogP contribution in [-0.2, 0) is 0 Å². The van der Waals surface area contributed by atoms with E-state index in [1.165, 1.54) is 12.8 Å². The molecule has 0 saturated heterocycles. The van der Waals surface area contributed by atoms with Crippen molar-refractivity contribution in [1.82, 2.24) is 14.6 Å². The number of nitrogens with one attached hydrogen (secondary N) is 1. The van der Waals surface area contributed by atoms with Crippen molar-refractivity contribution in [2.24, 2.45) is 5.92 Å². The summed E-state index contributed by atoms with van der Waals surface area (Å²) in [6.45, 7) is 5.16. The Morgan fingerprint density at radius 2 is 2.08 bits per heavy atom. The van der Waals surface area contributed by atoms with Crippen LogP contribution in [0.3, 0.4) is 0 Å². The van der Waals surface area contributed by atoms with Crippen LogP contribution in [0.5, 0.6) is 5.75 Å². The molecule has 1 fully saturated rings. The standard InChI is InChI=1S/C19H22N4O/c1-12-13(2)21-18-10-17(15-5-4-6-16(9-15)24-3)22-23(18)19(12)20-11-14-7-8-14/h4-6,9-10,14,20H,7-8,11H2,1-3H3. The average molecular weight is 322 g/mol. The summed E-state index contributed by atoms with van der Waals surface area (Å²) in [6.07, 6.45) is 2.65. The fraction of sp³-hybridized carbons (Fsp3) is 0.368. The van der Waals surface area contributed by atoms with Crippen LogP contribution in [-0.4, -0.2) is 28.3 Å². The SMILES string of the molecule is COc1cccc(-c2cc3nc(C)c(C)c(NCC4CC4)n3n2)c1. The Hall–Kier alpha value is -2.56. The van der Waals surface area contributed by atoms with Crippen molar-refractivity contribution >= 4 is 11.5 Å². The number of nitrogens with zero attached hydrogens (tertiary/aromatic N) is 3. The molecule has 124 valence electrons. The van der Waals surface area contributed by atoms with E-state index in [0.717, 1.165) is 52.2 Å². The van der Waals surface area contributed by atoms with Gasteiger partial charge in [0.1, 0.15) is 11.6 Å².